The molecule has 4 heteroatoms. The van der Waals surface area contributed by atoms with Crippen molar-refractivity contribution in [3.8, 4) is 0 Å². The summed E-state index contributed by atoms with van der Waals surface area (Å²) in [6.45, 7) is 6.52. The molecule has 0 N–H and O–H groups in total. The van der Waals surface area contributed by atoms with Crippen molar-refractivity contribution < 1.29 is 19.1 Å². The zero-order valence-electron chi connectivity index (χ0n) is 9.49. The Morgan fingerprint density at radius 2 is 2.07 bits per heavy atom. The lowest BCUT2D eigenvalue weighted by molar-refractivity contribution is -0.163. The van der Waals surface area contributed by atoms with Gasteiger partial charge in [0, 0.05) is 7.11 Å². The van der Waals surface area contributed by atoms with Crippen LogP contribution in [0.2, 0.25) is 0 Å². The summed E-state index contributed by atoms with van der Waals surface area (Å²) in [7, 11) is 1.42. The number of rotatable bonds is 7. The number of carbonyl (C=O) groups excluding carboxylic acids is 2. The van der Waals surface area contributed by atoms with Crippen molar-refractivity contribution in [1.29, 1.82) is 0 Å². The fourth-order valence-electron chi connectivity index (χ4n) is 0.947. The second kappa shape index (κ2) is 7.17. The van der Waals surface area contributed by atoms with E-state index >= 15 is 0 Å². The lowest BCUT2D eigenvalue weighted by Gasteiger charge is -2.16. The number of esters is 1. The van der Waals surface area contributed by atoms with Crippen LogP contribution >= 0.6 is 0 Å². The van der Waals surface area contributed by atoms with Crippen LogP contribution in [0.5, 0.6) is 0 Å². The average Bonchev–Trinajstić information content (AvgIpc) is 2.22. The summed E-state index contributed by atoms with van der Waals surface area (Å²) in [4.78, 5) is 22.5. The van der Waals surface area contributed by atoms with Gasteiger partial charge in [0.15, 0.2) is 18.0 Å². The predicted octanol–water partition coefficient (Wildman–Crippen LogP) is 1.49. The Morgan fingerprint density at radius 3 is 2.47 bits per heavy atom. The van der Waals surface area contributed by atoms with E-state index in [9.17, 15) is 9.59 Å². The Labute approximate surface area is 90.2 Å². The molecule has 0 spiro atoms. The van der Waals surface area contributed by atoms with Gasteiger partial charge in [-0.15, -0.1) is 6.58 Å². The number of carbonyl (C=O) groups is 2. The maximum atomic E-state index is 11.3. The fraction of sp³-hybridized carbons (Fsp3) is 0.636. The standard InChI is InChI=1S/C11H18O4/c1-5-6-7-10(8(2)12)15-11(13)9(3)14-4/h5,9-10H,1,6-7H2,2-4H3. The fourth-order valence-corrected chi connectivity index (χ4v) is 0.947. The van der Waals surface area contributed by atoms with Gasteiger partial charge in [0.2, 0.25) is 0 Å². The molecular weight excluding hydrogens is 196 g/mol. The van der Waals surface area contributed by atoms with E-state index < -0.39 is 18.2 Å². The summed E-state index contributed by atoms with van der Waals surface area (Å²) in [5.41, 5.74) is 0. The van der Waals surface area contributed by atoms with E-state index in [0.717, 1.165) is 0 Å². The Balaban J connectivity index is 4.21. The first-order valence-electron chi connectivity index (χ1n) is 4.87. The third kappa shape index (κ3) is 5.32. The van der Waals surface area contributed by atoms with Gasteiger partial charge in [-0.05, 0) is 26.7 Å². The lowest BCUT2D eigenvalue weighted by atomic mass is 10.1. The molecule has 2 unspecified atom stereocenters. The van der Waals surface area contributed by atoms with E-state index in [4.69, 9.17) is 9.47 Å². The van der Waals surface area contributed by atoms with Gasteiger partial charge in [-0.25, -0.2) is 4.79 Å². The molecule has 0 aromatic carbocycles. The summed E-state index contributed by atoms with van der Waals surface area (Å²) in [6, 6.07) is 0. The predicted molar refractivity (Wildman–Crippen MR) is 56.5 cm³/mol. The molecule has 0 radical (unpaired) electrons. The zero-order valence-corrected chi connectivity index (χ0v) is 9.49. The summed E-state index contributed by atoms with van der Waals surface area (Å²) < 4.78 is 9.80. The minimum absolute atomic E-state index is 0.159. The summed E-state index contributed by atoms with van der Waals surface area (Å²) in [5.74, 6) is -0.671. The van der Waals surface area contributed by atoms with Crippen LogP contribution in [0.4, 0.5) is 0 Å². The molecular formula is C11H18O4. The van der Waals surface area contributed by atoms with Crippen molar-refractivity contribution in [2.75, 3.05) is 7.11 Å². The number of methoxy groups -OCH3 is 1. The smallest absolute Gasteiger partial charge is 0.335 e. The minimum Gasteiger partial charge on any atom is -0.452 e. The number of ketones is 1. The molecule has 0 heterocycles. The molecule has 0 aliphatic carbocycles. The Hall–Kier alpha value is -1.16. The number of Topliss-reactive ketones (excluding diaryl/α,β-unsaturated/α-hetero) is 1. The van der Waals surface area contributed by atoms with Crippen LogP contribution in [0, 0.1) is 0 Å². The number of hydrogen-bond acceptors (Lipinski definition) is 4. The Morgan fingerprint density at radius 1 is 1.47 bits per heavy atom. The third-order valence-corrected chi connectivity index (χ3v) is 2.03. The van der Waals surface area contributed by atoms with E-state index in [1.54, 1.807) is 13.0 Å². The first-order valence-corrected chi connectivity index (χ1v) is 4.87. The lowest BCUT2D eigenvalue weighted by Crippen LogP contribution is -2.31. The highest BCUT2D eigenvalue weighted by molar-refractivity contribution is 5.84. The highest BCUT2D eigenvalue weighted by atomic mass is 16.6. The Bertz CT molecular complexity index is 235. The first kappa shape index (κ1) is 13.8. The van der Waals surface area contributed by atoms with Gasteiger partial charge < -0.3 is 9.47 Å². The molecule has 0 fully saturated rings. The van der Waals surface area contributed by atoms with Gasteiger partial charge in [0.1, 0.15) is 0 Å². The molecule has 0 rings (SSSR count). The molecule has 0 saturated heterocycles. The molecule has 0 amide bonds. The van der Waals surface area contributed by atoms with Crippen molar-refractivity contribution in [2.45, 2.75) is 38.9 Å². The number of hydrogen-bond donors (Lipinski definition) is 0. The normalized spacial score (nSPS) is 14.1. The Kier molecular flexibility index (Phi) is 6.62. The molecule has 0 aliphatic rings. The average molecular weight is 214 g/mol. The van der Waals surface area contributed by atoms with E-state index in [-0.39, 0.29) is 5.78 Å². The van der Waals surface area contributed by atoms with Crippen molar-refractivity contribution in [3.05, 3.63) is 12.7 Å². The highest BCUT2D eigenvalue weighted by Crippen LogP contribution is 2.07. The van der Waals surface area contributed by atoms with Crippen LogP contribution in [0.25, 0.3) is 0 Å². The van der Waals surface area contributed by atoms with Crippen LogP contribution < -0.4 is 0 Å². The zero-order chi connectivity index (χ0) is 11.8. The van der Waals surface area contributed by atoms with Gasteiger partial charge in [-0.3, -0.25) is 4.79 Å². The van der Waals surface area contributed by atoms with Crippen molar-refractivity contribution in [1.82, 2.24) is 0 Å². The third-order valence-electron chi connectivity index (χ3n) is 2.03. The molecule has 2 atom stereocenters. The quantitative estimate of drug-likeness (QED) is 0.476. The van der Waals surface area contributed by atoms with Gasteiger partial charge in [-0.1, -0.05) is 6.08 Å². The monoisotopic (exact) mass is 214 g/mol. The molecule has 0 aromatic heterocycles. The van der Waals surface area contributed by atoms with E-state index in [2.05, 4.69) is 6.58 Å². The first-order chi connectivity index (χ1) is 7.02. The topological polar surface area (TPSA) is 52.6 Å². The van der Waals surface area contributed by atoms with E-state index in [1.165, 1.54) is 14.0 Å². The second-order valence-corrected chi connectivity index (χ2v) is 3.28. The van der Waals surface area contributed by atoms with Crippen molar-refractivity contribution in [3.63, 3.8) is 0 Å². The summed E-state index contributed by atoms with van der Waals surface area (Å²) >= 11 is 0. The molecule has 0 aliphatic heterocycles. The largest absolute Gasteiger partial charge is 0.452 e. The molecule has 4 nitrogen and oxygen atoms in total. The van der Waals surface area contributed by atoms with Crippen molar-refractivity contribution in [2.24, 2.45) is 0 Å². The summed E-state index contributed by atoms with van der Waals surface area (Å²) in [6.07, 6.45) is 1.47. The molecule has 0 saturated carbocycles. The summed E-state index contributed by atoms with van der Waals surface area (Å²) in [5, 5.41) is 0. The van der Waals surface area contributed by atoms with Crippen LogP contribution in [0.3, 0.4) is 0 Å². The van der Waals surface area contributed by atoms with Crippen LogP contribution in [0.15, 0.2) is 12.7 Å². The highest BCUT2D eigenvalue weighted by Gasteiger charge is 2.22. The second-order valence-electron chi connectivity index (χ2n) is 3.28. The van der Waals surface area contributed by atoms with Gasteiger partial charge in [0.25, 0.3) is 0 Å². The van der Waals surface area contributed by atoms with Crippen molar-refractivity contribution >= 4 is 11.8 Å². The maximum Gasteiger partial charge on any atom is 0.335 e. The minimum atomic E-state index is -0.687. The van der Waals surface area contributed by atoms with Crippen LogP contribution in [-0.2, 0) is 19.1 Å². The number of ether oxygens (including phenoxy) is 2. The van der Waals surface area contributed by atoms with Gasteiger partial charge in [0.05, 0.1) is 0 Å². The molecule has 0 aromatic rings. The number of allylic oxidation sites excluding steroid dienone is 1. The van der Waals surface area contributed by atoms with Crippen LogP contribution in [0.1, 0.15) is 26.7 Å². The molecule has 86 valence electrons. The van der Waals surface area contributed by atoms with E-state index in [0.29, 0.717) is 12.8 Å². The maximum absolute atomic E-state index is 11.3. The van der Waals surface area contributed by atoms with Crippen LogP contribution in [-0.4, -0.2) is 31.1 Å². The molecule has 15 heavy (non-hydrogen) atoms. The molecule has 0 bridgehead atoms. The SMILES string of the molecule is C=CCCC(OC(=O)C(C)OC)C(C)=O. The van der Waals surface area contributed by atoms with E-state index in [1.807, 2.05) is 0 Å². The van der Waals surface area contributed by atoms with Gasteiger partial charge >= 0.3 is 5.97 Å². The van der Waals surface area contributed by atoms with Gasteiger partial charge in [-0.2, -0.15) is 0 Å².